The summed E-state index contributed by atoms with van der Waals surface area (Å²) in [5.41, 5.74) is 3.31. The van der Waals surface area contributed by atoms with Crippen molar-refractivity contribution >= 4 is 11.9 Å². The van der Waals surface area contributed by atoms with E-state index in [-0.39, 0.29) is 0 Å². The minimum atomic E-state index is -5.08. The highest BCUT2D eigenvalue weighted by Gasteiger charge is 2.42. The van der Waals surface area contributed by atoms with E-state index in [0.29, 0.717) is 12.1 Å². The van der Waals surface area contributed by atoms with E-state index in [1.54, 1.807) is 0 Å². The second-order valence-electron chi connectivity index (χ2n) is 8.43. The molecule has 2 N–H and O–H groups in total. The molecule has 206 valence electrons. The number of fused-ring (bicyclic) bond motifs is 1. The predicted octanol–water partition coefficient (Wildman–Crippen LogP) is 4.07. The lowest BCUT2D eigenvalue weighted by molar-refractivity contribution is -0.193. The van der Waals surface area contributed by atoms with Gasteiger partial charge in [0.25, 0.3) is 0 Å². The normalized spacial score (nSPS) is 19.3. The van der Waals surface area contributed by atoms with Crippen LogP contribution in [0, 0.1) is 11.3 Å². The van der Waals surface area contributed by atoms with Gasteiger partial charge < -0.3 is 10.2 Å². The van der Waals surface area contributed by atoms with Crippen molar-refractivity contribution in [2.24, 2.45) is 0 Å². The number of nitriles is 1. The quantitative estimate of drug-likeness (QED) is 0.552. The van der Waals surface area contributed by atoms with Gasteiger partial charge in [-0.25, -0.2) is 9.59 Å². The van der Waals surface area contributed by atoms with Crippen molar-refractivity contribution in [1.82, 2.24) is 14.8 Å². The zero-order chi connectivity index (χ0) is 28.5. The van der Waals surface area contributed by atoms with Crippen molar-refractivity contribution in [2.75, 3.05) is 13.1 Å². The van der Waals surface area contributed by atoms with E-state index in [1.165, 1.54) is 30.5 Å². The molecule has 0 aliphatic carbocycles. The number of carboxylic acids is 2. The molecule has 0 unspecified atom stereocenters. The Balaban J connectivity index is 0.000000301. The molecule has 0 spiro atoms. The number of likely N-dealkylation sites (tertiary alicyclic amines) is 2. The first-order valence-corrected chi connectivity index (χ1v) is 11.2. The van der Waals surface area contributed by atoms with E-state index in [4.69, 9.17) is 25.1 Å². The number of hydrogen-bond donors (Lipinski definition) is 2. The molecule has 2 atom stereocenters. The smallest absolute Gasteiger partial charge is 0.475 e. The minimum Gasteiger partial charge on any atom is -0.475 e. The lowest BCUT2D eigenvalue weighted by Gasteiger charge is -2.25. The zero-order valence-corrected chi connectivity index (χ0v) is 19.8. The van der Waals surface area contributed by atoms with Crippen molar-refractivity contribution in [3.63, 3.8) is 0 Å². The van der Waals surface area contributed by atoms with Crippen LogP contribution in [0.1, 0.15) is 29.5 Å². The highest BCUT2D eigenvalue weighted by Crippen LogP contribution is 2.33. The molecular weight excluding hydrogens is 522 g/mol. The predicted molar refractivity (Wildman–Crippen MR) is 120 cm³/mol. The Morgan fingerprint density at radius 2 is 1.37 bits per heavy atom. The van der Waals surface area contributed by atoms with Gasteiger partial charge in [-0.1, -0.05) is 18.2 Å². The molecule has 0 bridgehead atoms. The molecule has 2 fully saturated rings. The van der Waals surface area contributed by atoms with Gasteiger partial charge in [0.05, 0.1) is 11.6 Å². The Labute approximate surface area is 213 Å². The minimum absolute atomic E-state index is 0.646. The number of hydrogen-bond acceptors (Lipinski definition) is 6. The molecule has 8 nitrogen and oxygen atoms in total. The van der Waals surface area contributed by atoms with Crippen molar-refractivity contribution in [3.8, 4) is 6.07 Å². The summed E-state index contributed by atoms with van der Waals surface area (Å²) in [7, 11) is 0. The van der Waals surface area contributed by atoms with Crippen LogP contribution in [0.25, 0.3) is 0 Å². The Morgan fingerprint density at radius 3 is 1.79 bits per heavy atom. The molecule has 1 aromatic heterocycles. The average Bonchev–Trinajstić information content (AvgIpc) is 3.43. The summed E-state index contributed by atoms with van der Waals surface area (Å²) in [6.45, 7) is 4.28. The summed E-state index contributed by atoms with van der Waals surface area (Å²) in [5.74, 6) is -5.51. The van der Waals surface area contributed by atoms with Crippen molar-refractivity contribution in [2.45, 2.75) is 50.4 Å². The molecule has 0 saturated carbocycles. The largest absolute Gasteiger partial charge is 0.490 e. The Bertz CT molecular complexity index is 1100. The number of aliphatic carboxylic acids is 2. The summed E-state index contributed by atoms with van der Waals surface area (Å²) < 4.78 is 63.5. The standard InChI is InChI=1S/C20H22N4.2C2HF3O2/c21-12-16-3-1-4-17(11-16)14-23-9-6-20-19(23)7-10-24(20)15-18-5-2-8-22-13-18;2*3-2(4,5)1(6)7/h1-5,8,11,13,19-20H,6-7,9-10,14-15H2;2*(H,6,7)/t19-,20+;;/m1../s1. The van der Waals surface area contributed by atoms with E-state index in [2.05, 4.69) is 33.0 Å². The van der Waals surface area contributed by atoms with E-state index >= 15 is 0 Å². The first-order chi connectivity index (χ1) is 17.7. The lowest BCUT2D eigenvalue weighted by atomic mass is 10.1. The number of pyridine rings is 1. The second-order valence-corrected chi connectivity index (χ2v) is 8.43. The van der Waals surface area contributed by atoms with E-state index in [0.717, 1.165) is 25.2 Å². The maximum absolute atomic E-state index is 10.6. The molecule has 2 aliphatic heterocycles. The number of aromatic nitrogens is 1. The van der Waals surface area contributed by atoms with E-state index in [1.807, 2.05) is 36.7 Å². The zero-order valence-electron chi connectivity index (χ0n) is 19.8. The van der Waals surface area contributed by atoms with Gasteiger partial charge in [0.1, 0.15) is 0 Å². The number of benzene rings is 1. The third-order valence-electron chi connectivity index (χ3n) is 5.84. The van der Waals surface area contributed by atoms with Crippen LogP contribution in [0.2, 0.25) is 0 Å². The Kier molecular flexibility index (Phi) is 10.6. The number of carbonyl (C=O) groups is 2. The van der Waals surface area contributed by atoms with Gasteiger partial charge in [-0.2, -0.15) is 31.6 Å². The fourth-order valence-electron chi connectivity index (χ4n) is 4.26. The molecule has 2 saturated heterocycles. The van der Waals surface area contributed by atoms with Gasteiger partial charge in [-0.15, -0.1) is 0 Å². The van der Waals surface area contributed by atoms with Crippen LogP contribution in [-0.4, -0.2) is 74.5 Å². The number of rotatable bonds is 4. The average molecular weight is 546 g/mol. The Morgan fingerprint density at radius 1 is 0.895 bits per heavy atom. The maximum Gasteiger partial charge on any atom is 0.490 e. The molecule has 14 heteroatoms. The Hall–Kier alpha value is -3.70. The van der Waals surface area contributed by atoms with Crippen LogP contribution in [0.5, 0.6) is 0 Å². The summed E-state index contributed by atoms with van der Waals surface area (Å²) >= 11 is 0. The van der Waals surface area contributed by atoms with Gasteiger partial charge in [0.2, 0.25) is 0 Å². The van der Waals surface area contributed by atoms with E-state index in [9.17, 15) is 26.3 Å². The van der Waals surface area contributed by atoms with E-state index < -0.39 is 24.3 Å². The van der Waals surface area contributed by atoms with Crippen LogP contribution < -0.4 is 0 Å². The summed E-state index contributed by atoms with van der Waals surface area (Å²) in [4.78, 5) is 27.2. The van der Waals surface area contributed by atoms with Crippen LogP contribution in [0.3, 0.4) is 0 Å². The molecule has 3 heterocycles. The van der Waals surface area contributed by atoms with Crippen LogP contribution in [0.15, 0.2) is 48.8 Å². The summed E-state index contributed by atoms with van der Waals surface area (Å²) in [5, 5.41) is 23.3. The third-order valence-corrected chi connectivity index (χ3v) is 5.84. The maximum atomic E-state index is 10.6. The van der Waals surface area contributed by atoms with Crippen molar-refractivity contribution < 1.29 is 46.1 Å². The molecule has 2 aromatic rings. The van der Waals surface area contributed by atoms with Gasteiger partial charge in [0, 0.05) is 50.7 Å². The number of carboxylic acid groups (broad SMARTS) is 2. The highest BCUT2D eigenvalue weighted by atomic mass is 19.4. The fourth-order valence-corrected chi connectivity index (χ4v) is 4.26. The number of nitrogens with zero attached hydrogens (tertiary/aromatic N) is 4. The van der Waals surface area contributed by atoms with Crippen molar-refractivity contribution in [3.05, 3.63) is 65.5 Å². The number of halogens is 6. The van der Waals surface area contributed by atoms with Gasteiger partial charge in [-0.05, 0) is 42.2 Å². The van der Waals surface area contributed by atoms with Crippen molar-refractivity contribution in [1.29, 1.82) is 5.26 Å². The first-order valence-electron chi connectivity index (χ1n) is 11.2. The molecule has 0 radical (unpaired) electrons. The second kappa shape index (κ2) is 13.2. The van der Waals surface area contributed by atoms with Crippen LogP contribution in [0.4, 0.5) is 26.3 Å². The first kappa shape index (κ1) is 30.5. The molecule has 4 rings (SSSR count). The van der Waals surface area contributed by atoms with Crippen LogP contribution >= 0.6 is 0 Å². The summed E-state index contributed by atoms with van der Waals surface area (Å²) in [6.07, 6.45) is -3.87. The fraction of sp³-hybridized carbons (Fsp3) is 0.417. The van der Waals surface area contributed by atoms with Gasteiger partial charge in [-0.3, -0.25) is 14.8 Å². The highest BCUT2D eigenvalue weighted by molar-refractivity contribution is 5.73. The molecular formula is C24H24F6N4O4. The molecule has 2 aliphatic rings. The SMILES string of the molecule is N#Cc1cccc(CN2CC[C@H]3[C@H]2CCN3Cc2cccnc2)c1.O=C(O)C(F)(F)F.O=C(O)C(F)(F)F. The molecule has 38 heavy (non-hydrogen) atoms. The third kappa shape index (κ3) is 9.31. The monoisotopic (exact) mass is 546 g/mol. The molecule has 0 amide bonds. The lowest BCUT2D eigenvalue weighted by Crippen LogP contribution is -2.36. The van der Waals surface area contributed by atoms with Gasteiger partial charge >= 0.3 is 24.3 Å². The number of alkyl halides is 6. The molecule has 1 aromatic carbocycles. The topological polar surface area (TPSA) is 118 Å². The van der Waals surface area contributed by atoms with Crippen LogP contribution in [-0.2, 0) is 22.7 Å². The van der Waals surface area contributed by atoms with Gasteiger partial charge in [0.15, 0.2) is 0 Å². The summed E-state index contributed by atoms with van der Waals surface area (Å²) in [6, 6.07) is 15.8.